The van der Waals surface area contributed by atoms with Crippen LogP contribution in [0, 0.1) is 5.92 Å². The highest BCUT2D eigenvalue weighted by Crippen LogP contribution is 2.19. The molecule has 3 rings (SSSR count). The maximum atomic E-state index is 12.0. The van der Waals surface area contributed by atoms with Gasteiger partial charge in [-0.25, -0.2) is 18.2 Å². The standard InChI is InChI=1S/C15H22N4O3S.C2HF3O2/c1-17(11-14-4-3-7-22-14)8-13-9-18-6-5-16-15(18)12-19(10-13)23(2,20)21;3-2(4,5)1(6)7/h3-7,13H,8-12H2,1-2H3;(H,6,7). The fourth-order valence-electron chi connectivity index (χ4n) is 3.05. The van der Waals surface area contributed by atoms with Crippen LogP contribution in [-0.2, 0) is 34.5 Å². The van der Waals surface area contributed by atoms with Crippen LogP contribution < -0.4 is 0 Å². The van der Waals surface area contributed by atoms with Crippen molar-refractivity contribution in [3.8, 4) is 0 Å². The summed E-state index contributed by atoms with van der Waals surface area (Å²) in [6, 6.07) is 3.82. The Hall–Kier alpha value is -2.38. The summed E-state index contributed by atoms with van der Waals surface area (Å²) in [7, 11) is -1.22. The summed E-state index contributed by atoms with van der Waals surface area (Å²) in [6.45, 7) is 3.10. The zero-order valence-electron chi connectivity index (χ0n) is 16.4. The lowest BCUT2D eigenvalue weighted by atomic mass is 10.1. The molecule has 1 aliphatic rings. The average Bonchev–Trinajstić information content (AvgIpc) is 3.22. The van der Waals surface area contributed by atoms with Crippen LogP contribution in [0.3, 0.4) is 0 Å². The second kappa shape index (κ2) is 9.62. The first kappa shape index (κ1) is 23.9. The monoisotopic (exact) mass is 452 g/mol. The average molecular weight is 452 g/mol. The van der Waals surface area contributed by atoms with Crippen molar-refractivity contribution in [2.24, 2.45) is 5.92 Å². The molecule has 0 radical (unpaired) electrons. The Morgan fingerprint density at radius 3 is 2.60 bits per heavy atom. The van der Waals surface area contributed by atoms with Gasteiger partial charge in [-0.05, 0) is 19.2 Å². The maximum absolute atomic E-state index is 12.0. The lowest BCUT2D eigenvalue weighted by Crippen LogP contribution is -2.37. The Balaban J connectivity index is 0.000000396. The number of halogens is 3. The molecule has 0 spiro atoms. The third-order valence-electron chi connectivity index (χ3n) is 4.32. The van der Waals surface area contributed by atoms with E-state index >= 15 is 0 Å². The fraction of sp³-hybridized carbons (Fsp3) is 0.529. The zero-order valence-corrected chi connectivity index (χ0v) is 17.2. The molecule has 1 atom stereocenters. The Kier molecular flexibility index (Phi) is 7.66. The number of carboxylic acids is 1. The van der Waals surface area contributed by atoms with Crippen LogP contribution in [0.15, 0.2) is 35.2 Å². The number of furan rings is 1. The van der Waals surface area contributed by atoms with E-state index in [1.165, 1.54) is 10.6 Å². The van der Waals surface area contributed by atoms with Crippen molar-refractivity contribution in [2.75, 3.05) is 26.4 Å². The highest BCUT2D eigenvalue weighted by molar-refractivity contribution is 7.88. The molecule has 0 saturated carbocycles. The van der Waals surface area contributed by atoms with Gasteiger partial charge in [0, 0.05) is 37.9 Å². The van der Waals surface area contributed by atoms with Crippen molar-refractivity contribution in [1.29, 1.82) is 0 Å². The number of fused-ring (bicyclic) bond motifs is 1. The molecule has 2 aromatic heterocycles. The number of imidazole rings is 1. The Morgan fingerprint density at radius 1 is 1.40 bits per heavy atom. The molecule has 9 nitrogen and oxygen atoms in total. The van der Waals surface area contributed by atoms with Crippen molar-refractivity contribution >= 4 is 16.0 Å². The van der Waals surface area contributed by atoms with Gasteiger partial charge in [-0.1, -0.05) is 0 Å². The predicted molar refractivity (Wildman–Crippen MR) is 99.7 cm³/mol. The van der Waals surface area contributed by atoms with Gasteiger partial charge in [0.05, 0.1) is 25.6 Å². The molecule has 168 valence electrons. The molecule has 1 N–H and O–H groups in total. The SMILES string of the molecule is CN(Cc1ccco1)CC1CN(S(C)(=O)=O)Cc2nccn2C1.O=C(O)C(F)(F)F. The number of aliphatic carboxylic acids is 1. The fourth-order valence-corrected chi connectivity index (χ4v) is 3.88. The first-order chi connectivity index (χ1) is 13.9. The van der Waals surface area contributed by atoms with Crippen molar-refractivity contribution in [3.63, 3.8) is 0 Å². The normalized spacial score (nSPS) is 17.7. The van der Waals surface area contributed by atoms with E-state index in [2.05, 4.69) is 14.5 Å². The van der Waals surface area contributed by atoms with Gasteiger partial charge in [0.2, 0.25) is 10.0 Å². The van der Waals surface area contributed by atoms with Crippen LogP contribution in [-0.4, -0.2) is 70.8 Å². The number of aromatic nitrogens is 2. The summed E-state index contributed by atoms with van der Waals surface area (Å²) in [5.41, 5.74) is 0. The molecular formula is C17H23F3N4O5S. The molecule has 13 heteroatoms. The van der Waals surface area contributed by atoms with Gasteiger partial charge in [-0.3, -0.25) is 4.90 Å². The smallest absolute Gasteiger partial charge is 0.475 e. The van der Waals surface area contributed by atoms with Crippen LogP contribution in [0.1, 0.15) is 11.6 Å². The van der Waals surface area contributed by atoms with Gasteiger partial charge in [-0.15, -0.1) is 0 Å². The van der Waals surface area contributed by atoms with Crippen LogP contribution in [0.5, 0.6) is 0 Å². The Labute approximate surface area is 171 Å². The zero-order chi connectivity index (χ0) is 22.5. The lowest BCUT2D eigenvalue weighted by Gasteiger charge is -2.25. The topological polar surface area (TPSA) is 109 Å². The van der Waals surface area contributed by atoms with Crippen LogP contribution >= 0.6 is 0 Å². The van der Waals surface area contributed by atoms with E-state index in [0.29, 0.717) is 19.6 Å². The molecule has 1 unspecified atom stereocenters. The Bertz CT molecular complexity index is 928. The quantitative estimate of drug-likeness (QED) is 0.735. The van der Waals surface area contributed by atoms with Gasteiger partial charge in [0.1, 0.15) is 11.6 Å². The molecule has 0 fully saturated rings. The van der Waals surface area contributed by atoms with Gasteiger partial charge in [0.25, 0.3) is 0 Å². The molecule has 0 saturated heterocycles. The summed E-state index contributed by atoms with van der Waals surface area (Å²) in [5.74, 6) is -0.858. The molecule has 30 heavy (non-hydrogen) atoms. The van der Waals surface area contributed by atoms with Crippen LogP contribution in [0.2, 0.25) is 0 Å². The molecule has 1 aliphatic heterocycles. The number of rotatable bonds is 5. The first-order valence-corrected chi connectivity index (χ1v) is 10.7. The summed E-state index contributed by atoms with van der Waals surface area (Å²) < 4.78 is 64.7. The minimum absolute atomic E-state index is 0.195. The van der Waals surface area contributed by atoms with Gasteiger partial charge in [-0.2, -0.15) is 17.5 Å². The van der Waals surface area contributed by atoms with Crippen molar-refractivity contribution in [2.45, 2.75) is 25.8 Å². The number of alkyl halides is 3. The van der Waals surface area contributed by atoms with Gasteiger partial charge < -0.3 is 14.1 Å². The highest BCUT2D eigenvalue weighted by atomic mass is 32.2. The second-order valence-electron chi connectivity index (χ2n) is 7.00. The van der Waals surface area contributed by atoms with E-state index in [1.807, 2.05) is 25.4 Å². The third kappa shape index (κ3) is 7.15. The number of hydrogen-bond donors (Lipinski definition) is 1. The largest absolute Gasteiger partial charge is 0.490 e. The summed E-state index contributed by atoms with van der Waals surface area (Å²) in [5, 5.41) is 7.12. The van der Waals surface area contributed by atoms with E-state index in [-0.39, 0.29) is 5.92 Å². The van der Waals surface area contributed by atoms with Crippen molar-refractivity contribution in [1.82, 2.24) is 18.8 Å². The molecular weight excluding hydrogens is 429 g/mol. The highest BCUT2D eigenvalue weighted by Gasteiger charge is 2.38. The van der Waals surface area contributed by atoms with E-state index < -0.39 is 22.2 Å². The number of nitrogens with zero attached hydrogens (tertiary/aromatic N) is 4. The van der Waals surface area contributed by atoms with Gasteiger partial charge in [0.15, 0.2) is 0 Å². The summed E-state index contributed by atoms with van der Waals surface area (Å²) >= 11 is 0. The van der Waals surface area contributed by atoms with Crippen molar-refractivity contribution < 1.29 is 35.9 Å². The van der Waals surface area contributed by atoms with Crippen LogP contribution in [0.25, 0.3) is 0 Å². The predicted octanol–water partition coefficient (Wildman–Crippen LogP) is 1.63. The van der Waals surface area contributed by atoms with Crippen LogP contribution in [0.4, 0.5) is 13.2 Å². The molecule has 0 amide bonds. The van der Waals surface area contributed by atoms with E-state index in [1.54, 1.807) is 12.5 Å². The number of hydrogen-bond acceptors (Lipinski definition) is 6. The summed E-state index contributed by atoms with van der Waals surface area (Å²) in [4.78, 5) is 15.3. The van der Waals surface area contributed by atoms with Crippen molar-refractivity contribution in [3.05, 3.63) is 42.4 Å². The first-order valence-electron chi connectivity index (χ1n) is 8.82. The molecule has 0 bridgehead atoms. The van der Waals surface area contributed by atoms with E-state index in [9.17, 15) is 21.6 Å². The maximum Gasteiger partial charge on any atom is 0.490 e. The molecule has 0 aliphatic carbocycles. The lowest BCUT2D eigenvalue weighted by molar-refractivity contribution is -0.192. The summed E-state index contributed by atoms with van der Waals surface area (Å²) in [6.07, 6.45) is 1.48. The third-order valence-corrected chi connectivity index (χ3v) is 5.54. The minimum atomic E-state index is -5.08. The molecule has 0 aromatic carbocycles. The minimum Gasteiger partial charge on any atom is -0.475 e. The Morgan fingerprint density at radius 2 is 2.07 bits per heavy atom. The number of carbonyl (C=O) groups is 1. The number of carboxylic acid groups (broad SMARTS) is 1. The molecule has 3 heterocycles. The number of sulfonamides is 1. The molecule has 2 aromatic rings. The van der Waals surface area contributed by atoms with Gasteiger partial charge >= 0.3 is 12.1 Å². The van der Waals surface area contributed by atoms with E-state index in [0.717, 1.165) is 24.7 Å². The second-order valence-corrected chi connectivity index (χ2v) is 8.98. The van der Waals surface area contributed by atoms with E-state index in [4.69, 9.17) is 14.3 Å².